The molecule has 1 aromatic carbocycles. The molecule has 0 bridgehead atoms. The third-order valence-electron chi connectivity index (χ3n) is 3.93. The van der Waals surface area contributed by atoms with E-state index >= 15 is 0 Å². The first-order valence-electron chi connectivity index (χ1n) is 7.86. The van der Waals surface area contributed by atoms with E-state index in [1.807, 2.05) is 18.2 Å². The Labute approximate surface area is 148 Å². The molecule has 7 nitrogen and oxygen atoms in total. The molecular weight excluding hydrogens is 373 g/mol. The predicted molar refractivity (Wildman–Crippen MR) is 85.9 cm³/mol. The van der Waals surface area contributed by atoms with Crippen molar-refractivity contribution in [2.75, 3.05) is 18.8 Å². The summed E-state index contributed by atoms with van der Waals surface area (Å²) in [7, 11) is -3.91. The number of rotatable bonds is 7. The fraction of sp³-hybridized carbons (Fsp3) is 0.467. The van der Waals surface area contributed by atoms with Gasteiger partial charge in [0.2, 0.25) is 10.0 Å². The van der Waals surface area contributed by atoms with Crippen LogP contribution in [-0.2, 0) is 16.6 Å². The van der Waals surface area contributed by atoms with Gasteiger partial charge < -0.3 is 4.74 Å². The summed E-state index contributed by atoms with van der Waals surface area (Å²) < 4.78 is 68.4. The minimum atomic E-state index is -4.49. The van der Waals surface area contributed by atoms with Crippen LogP contribution in [0.25, 0.3) is 0 Å². The zero-order valence-electron chi connectivity index (χ0n) is 13.6. The normalized spacial score (nSPS) is 16.4. The molecule has 1 saturated heterocycles. The molecule has 0 spiro atoms. The fourth-order valence-electron chi connectivity index (χ4n) is 2.42. The minimum absolute atomic E-state index is 0.0858. The van der Waals surface area contributed by atoms with Crippen LogP contribution in [0, 0.1) is 0 Å². The predicted octanol–water partition coefficient (Wildman–Crippen LogP) is 2.00. The van der Waals surface area contributed by atoms with Gasteiger partial charge in [0.05, 0.1) is 24.4 Å². The quantitative estimate of drug-likeness (QED) is 0.723. The van der Waals surface area contributed by atoms with Crippen molar-refractivity contribution >= 4 is 10.0 Å². The maximum atomic E-state index is 12.2. The van der Waals surface area contributed by atoms with Gasteiger partial charge in [-0.3, -0.25) is 0 Å². The molecule has 142 valence electrons. The number of hydrogen-bond donors (Lipinski definition) is 0. The van der Waals surface area contributed by atoms with Gasteiger partial charge in [0.1, 0.15) is 18.1 Å². The Bertz CT molecular complexity index is 833. The monoisotopic (exact) mass is 390 g/mol. The lowest BCUT2D eigenvalue weighted by Crippen LogP contribution is -2.51. The molecule has 2 aromatic rings. The molecule has 1 aromatic heterocycles. The van der Waals surface area contributed by atoms with Crippen molar-refractivity contribution in [3.05, 3.63) is 42.2 Å². The van der Waals surface area contributed by atoms with Gasteiger partial charge in [-0.2, -0.15) is 17.5 Å². The Balaban J connectivity index is 1.49. The van der Waals surface area contributed by atoms with Crippen molar-refractivity contribution in [1.82, 2.24) is 19.3 Å². The van der Waals surface area contributed by atoms with Crippen molar-refractivity contribution in [3.8, 4) is 5.75 Å². The summed E-state index contributed by atoms with van der Waals surface area (Å²) in [5, 5.41) is 7.90. The number of nitrogens with zero attached hydrogens (tertiary/aromatic N) is 4. The second-order valence-electron chi connectivity index (χ2n) is 5.94. The summed E-state index contributed by atoms with van der Waals surface area (Å²) in [6.45, 7) is 0.384. The topological polar surface area (TPSA) is 77.3 Å². The van der Waals surface area contributed by atoms with Crippen LogP contribution in [0.1, 0.15) is 18.2 Å². The van der Waals surface area contributed by atoms with Gasteiger partial charge in [-0.1, -0.05) is 23.4 Å². The lowest BCUT2D eigenvalue weighted by molar-refractivity contribution is -0.130. The molecule has 26 heavy (non-hydrogen) atoms. The molecule has 1 aliphatic heterocycles. The fourth-order valence-corrected chi connectivity index (χ4v) is 3.96. The van der Waals surface area contributed by atoms with Gasteiger partial charge in [-0.15, -0.1) is 5.10 Å². The highest BCUT2D eigenvalue weighted by atomic mass is 32.2. The van der Waals surface area contributed by atoms with E-state index in [4.69, 9.17) is 4.74 Å². The van der Waals surface area contributed by atoms with Crippen LogP contribution in [0.4, 0.5) is 13.2 Å². The van der Waals surface area contributed by atoms with Gasteiger partial charge in [0.15, 0.2) is 0 Å². The van der Waals surface area contributed by atoms with E-state index in [1.54, 1.807) is 18.3 Å². The number of alkyl halides is 3. The van der Waals surface area contributed by atoms with Gasteiger partial charge in [-0.05, 0) is 12.1 Å². The van der Waals surface area contributed by atoms with E-state index in [2.05, 4.69) is 10.3 Å². The largest absolute Gasteiger partial charge is 0.487 e. The summed E-state index contributed by atoms with van der Waals surface area (Å²) in [6.07, 6.45) is -4.19. The first-order chi connectivity index (χ1) is 12.2. The van der Waals surface area contributed by atoms with Gasteiger partial charge in [0, 0.05) is 13.1 Å². The second kappa shape index (κ2) is 7.23. The highest BCUT2D eigenvalue weighted by Crippen LogP contribution is 2.27. The Hall–Kier alpha value is -2.14. The Kier molecular flexibility index (Phi) is 5.19. The summed E-state index contributed by atoms with van der Waals surface area (Å²) in [6, 6.07) is 8.92. The molecule has 0 aliphatic carbocycles. The molecular formula is C15H17F3N4O3S. The molecule has 11 heteroatoms. The lowest BCUT2D eigenvalue weighted by Gasteiger charge is -2.37. The Morgan fingerprint density at radius 3 is 2.54 bits per heavy atom. The number of sulfonamides is 1. The summed E-state index contributed by atoms with van der Waals surface area (Å²) in [5.74, 6) is -0.246. The van der Waals surface area contributed by atoms with E-state index < -0.39 is 28.4 Å². The van der Waals surface area contributed by atoms with Gasteiger partial charge in [-0.25, -0.2) is 13.1 Å². The zero-order valence-corrected chi connectivity index (χ0v) is 14.4. The molecule has 3 rings (SSSR count). The lowest BCUT2D eigenvalue weighted by atomic mass is 10.2. The van der Waals surface area contributed by atoms with Crippen LogP contribution in [0.3, 0.4) is 0 Å². The highest BCUT2D eigenvalue weighted by molar-refractivity contribution is 7.89. The Morgan fingerprint density at radius 2 is 1.88 bits per heavy atom. The molecule has 0 saturated carbocycles. The van der Waals surface area contributed by atoms with E-state index in [0.717, 1.165) is 4.31 Å². The molecule has 0 unspecified atom stereocenters. The van der Waals surface area contributed by atoms with E-state index in [-0.39, 0.29) is 25.7 Å². The van der Waals surface area contributed by atoms with Crippen LogP contribution < -0.4 is 4.74 Å². The Morgan fingerprint density at radius 1 is 1.19 bits per heavy atom. The number of para-hydroxylation sites is 1. The van der Waals surface area contributed by atoms with Crippen molar-refractivity contribution in [1.29, 1.82) is 0 Å². The number of ether oxygens (including phenoxy) is 1. The minimum Gasteiger partial charge on any atom is -0.487 e. The van der Waals surface area contributed by atoms with Crippen LogP contribution >= 0.6 is 0 Å². The van der Waals surface area contributed by atoms with Crippen LogP contribution in [0.5, 0.6) is 5.75 Å². The van der Waals surface area contributed by atoms with Crippen molar-refractivity contribution in [2.24, 2.45) is 0 Å². The summed E-state index contributed by atoms with van der Waals surface area (Å²) in [4.78, 5) is 0. The number of hydrogen-bond acceptors (Lipinski definition) is 5. The third-order valence-corrected chi connectivity index (χ3v) is 5.73. The van der Waals surface area contributed by atoms with Gasteiger partial charge >= 0.3 is 6.18 Å². The molecule has 2 heterocycles. The molecule has 0 N–H and O–H groups in total. The molecule has 0 radical (unpaired) electrons. The first-order valence-corrected chi connectivity index (χ1v) is 9.47. The standard InChI is InChI=1S/C15H17F3N4O3S/c16-15(17,18)6-7-26(23,24)21-9-13(10-21)22-8-12(19-20-22)11-25-14-4-2-1-3-5-14/h1-5,8,13H,6-7,9-11H2. The first kappa shape index (κ1) is 18.6. The number of aromatic nitrogens is 3. The number of halogens is 3. The summed E-state index contributed by atoms with van der Waals surface area (Å²) in [5.41, 5.74) is 0.576. The number of benzene rings is 1. The van der Waals surface area contributed by atoms with Crippen molar-refractivity contribution < 1.29 is 26.3 Å². The zero-order chi connectivity index (χ0) is 18.8. The van der Waals surface area contributed by atoms with Gasteiger partial charge in [0.25, 0.3) is 0 Å². The van der Waals surface area contributed by atoms with Crippen LogP contribution in [-0.4, -0.2) is 52.7 Å². The van der Waals surface area contributed by atoms with E-state index in [0.29, 0.717) is 11.4 Å². The van der Waals surface area contributed by atoms with Crippen molar-refractivity contribution in [3.63, 3.8) is 0 Å². The molecule has 0 amide bonds. The maximum Gasteiger partial charge on any atom is 0.390 e. The van der Waals surface area contributed by atoms with Crippen molar-refractivity contribution in [2.45, 2.75) is 25.2 Å². The average Bonchev–Trinajstić information content (AvgIpc) is 2.98. The summed E-state index contributed by atoms with van der Waals surface area (Å²) >= 11 is 0. The molecule has 1 fully saturated rings. The molecule has 1 aliphatic rings. The SMILES string of the molecule is O=S(=O)(CCC(F)(F)F)N1CC(n2cc(COc3ccccc3)nn2)C1. The molecule has 0 atom stereocenters. The van der Waals surface area contributed by atoms with E-state index in [9.17, 15) is 21.6 Å². The highest BCUT2D eigenvalue weighted by Gasteiger charge is 2.39. The third kappa shape index (κ3) is 4.73. The van der Waals surface area contributed by atoms with E-state index in [1.165, 1.54) is 4.68 Å². The average molecular weight is 390 g/mol. The second-order valence-corrected chi connectivity index (χ2v) is 8.03. The van der Waals surface area contributed by atoms with Crippen LogP contribution in [0.15, 0.2) is 36.5 Å². The van der Waals surface area contributed by atoms with Crippen LogP contribution in [0.2, 0.25) is 0 Å². The smallest absolute Gasteiger partial charge is 0.390 e. The maximum absolute atomic E-state index is 12.2.